The Labute approximate surface area is 82.3 Å². The second kappa shape index (κ2) is 3.27. The molecule has 1 nitrogen and oxygen atoms in total. The zero-order valence-corrected chi connectivity index (χ0v) is 9.27. The molecule has 0 spiro atoms. The summed E-state index contributed by atoms with van der Waals surface area (Å²) in [6.07, 6.45) is 5.82. The van der Waals surface area contributed by atoms with Crippen LogP contribution in [0, 0.1) is 17.3 Å². The van der Waals surface area contributed by atoms with Gasteiger partial charge in [0.1, 0.15) is 0 Å². The third-order valence-corrected chi connectivity index (χ3v) is 4.26. The van der Waals surface area contributed by atoms with Gasteiger partial charge in [-0.2, -0.15) is 0 Å². The summed E-state index contributed by atoms with van der Waals surface area (Å²) in [7, 11) is 0. The first-order valence-corrected chi connectivity index (χ1v) is 5.85. The molecule has 2 rings (SSSR count). The lowest BCUT2D eigenvalue weighted by Crippen LogP contribution is -2.36. The lowest BCUT2D eigenvalue weighted by molar-refractivity contribution is 0.344. The molecule has 2 atom stereocenters. The third kappa shape index (κ3) is 2.25. The van der Waals surface area contributed by atoms with E-state index < -0.39 is 0 Å². The highest BCUT2D eigenvalue weighted by Crippen LogP contribution is 2.48. The maximum absolute atomic E-state index is 3.71. The van der Waals surface area contributed by atoms with Gasteiger partial charge in [0.25, 0.3) is 0 Å². The van der Waals surface area contributed by atoms with Crippen LogP contribution in [0.5, 0.6) is 0 Å². The molecule has 2 fully saturated rings. The summed E-state index contributed by atoms with van der Waals surface area (Å²) >= 11 is 0. The van der Waals surface area contributed by atoms with E-state index in [4.69, 9.17) is 0 Å². The molecule has 0 aromatic rings. The fourth-order valence-electron chi connectivity index (χ4n) is 2.07. The standard InChI is InChI=1S/C12H23N/c1-9(11-4-5-11)8-13-10(2)12(3)6-7-12/h9-11,13H,4-8H2,1-3H3. The average molecular weight is 181 g/mol. The summed E-state index contributed by atoms with van der Waals surface area (Å²) in [5, 5.41) is 3.71. The Kier molecular flexibility index (Phi) is 2.39. The zero-order chi connectivity index (χ0) is 9.47. The summed E-state index contributed by atoms with van der Waals surface area (Å²) in [5.74, 6) is 1.96. The second-order valence-corrected chi connectivity index (χ2v) is 5.60. The highest BCUT2D eigenvalue weighted by Gasteiger charge is 2.42. The smallest absolute Gasteiger partial charge is 0.00926 e. The first-order valence-electron chi connectivity index (χ1n) is 5.85. The predicted octanol–water partition coefficient (Wildman–Crippen LogP) is 2.81. The Morgan fingerprint density at radius 3 is 2.38 bits per heavy atom. The molecule has 0 heterocycles. The molecule has 0 aromatic heterocycles. The zero-order valence-electron chi connectivity index (χ0n) is 9.27. The summed E-state index contributed by atoms with van der Waals surface area (Å²) in [5.41, 5.74) is 0.642. The van der Waals surface area contributed by atoms with Gasteiger partial charge < -0.3 is 5.32 Å². The molecule has 2 unspecified atom stereocenters. The molecule has 2 aliphatic rings. The average Bonchev–Trinajstić information content (AvgIpc) is 2.91. The minimum atomic E-state index is 0.642. The van der Waals surface area contributed by atoms with Crippen molar-refractivity contribution in [2.45, 2.75) is 52.5 Å². The molecule has 2 saturated carbocycles. The molecule has 1 heteroatoms. The van der Waals surface area contributed by atoms with Crippen molar-refractivity contribution in [1.82, 2.24) is 5.32 Å². The maximum atomic E-state index is 3.71. The fraction of sp³-hybridized carbons (Fsp3) is 1.00. The molecule has 0 aromatic carbocycles. The van der Waals surface area contributed by atoms with Crippen molar-refractivity contribution in [3.05, 3.63) is 0 Å². The molecule has 2 aliphatic carbocycles. The van der Waals surface area contributed by atoms with Gasteiger partial charge in [0.2, 0.25) is 0 Å². The van der Waals surface area contributed by atoms with Crippen LogP contribution in [0.1, 0.15) is 46.5 Å². The van der Waals surface area contributed by atoms with Crippen molar-refractivity contribution in [2.24, 2.45) is 17.3 Å². The van der Waals surface area contributed by atoms with Crippen molar-refractivity contribution in [3.63, 3.8) is 0 Å². The summed E-state index contributed by atoms with van der Waals surface area (Å²) in [6.45, 7) is 8.40. The largest absolute Gasteiger partial charge is 0.313 e. The van der Waals surface area contributed by atoms with Crippen LogP contribution in [0.15, 0.2) is 0 Å². The van der Waals surface area contributed by atoms with E-state index in [1.807, 2.05) is 0 Å². The van der Waals surface area contributed by atoms with Crippen LogP contribution in [0.4, 0.5) is 0 Å². The highest BCUT2D eigenvalue weighted by atomic mass is 14.9. The maximum Gasteiger partial charge on any atom is 0.00926 e. The molecule has 76 valence electrons. The van der Waals surface area contributed by atoms with Crippen LogP contribution >= 0.6 is 0 Å². The normalized spacial score (nSPS) is 29.8. The summed E-state index contributed by atoms with van der Waals surface area (Å²) in [4.78, 5) is 0. The first kappa shape index (κ1) is 9.51. The van der Waals surface area contributed by atoms with Crippen LogP contribution in [-0.4, -0.2) is 12.6 Å². The van der Waals surface area contributed by atoms with Gasteiger partial charge >= 0.3 is 0 Å². The number of nitrogens with one attached hydrogen (secondary N) is 1. The van der Waals surface area contributed by atoms with Gasteiger partial charge in [-0.15, -0.1) is 0 Å². The lowest BCUT2D eigenvalue weighted by atomic mass is 9.99. The molecule has 13 heavy (non-hydrogen) atoms. The van der Waals surface area contributed by atoms with Crippen LogP contribution in [0.3, 0.4) is 0 Å². The Morgan fingerprint density at radius 1 is 1.31 bits per heavy atom. The Bertz CT molecular complexity index is 180. The van der Waals surface area contributed by atoms with Gasteiger partial charge in [0.05, 0.1) is 0 Å². The van der Waals surface area contributed by atoms with Gasteiger partial charge in [0, 0.05) is 6.04 Å². The number of hydrogen-bond acceptors (Lipinski definition) is 1. The first-order chi connectivity index (χ1) is 6.12. The van der Waals surface area contributed by atoms with E-state index in [0.29, 0.717) is 5.41 Å². The molecular formula is C12H23N. The quantitative estimate of drug-likeness (QED) is 0.687. The van der Waals surface area contributed by atoms with E-state index in [2.05, 4.69) is 26.1 Å². The Morgan fingerprint density at radius 2 is 1.92 bits per heavy atom. The van der Waals surface area contributed by atoms with Gasteiger partial charge in [-0.05, 0) is 56.4 Å². The van der Waals surface area contributed by atoms with E-state index in [0.717, 1.165) is 17.9 Å². The van der Waals surface area contributed by atoms with E-state index >= 15 is 0 Å². The van der Waals surface area contributed by atoms with Gasteiger partial charge in [-0.3, -0.25) is 0 Å². The Hall–Kier alpha value is -0.0400. The van der Waals surface area contributed by atoms with Crippen molar-refractivity contribution in [3.8, 4) is 0 Å². The number of rotatable bonds is 5. The summed E-state index contributed by atoms with van der Waals surface area (Å²) < 4.78 is 0. The topological polar surface area (TPSA) is 12.0 Å². The van der Waals surface area contributed by atoms with Gasteiger partial charge in [-0.25, -0.2) is 0 Å². The monoisotopic (exact) mass is 181 g/mol. The van der Waals surface area contributed by atoms with Crippen molar-refractivity contribution < 1.29 is 0 Å². The highest BCUT2D eigenvalue weighted by molar-refractivity contribution is 4.96. The molecule has 0 radical (unpaired) electrons. The van der Waals surface area contributed by atoms with E-state index in [1.54, 1.807) is 0 Å². The van der Waals surface area contributed by atoms with E-state index in [9.17, 15) is 0 Å². The summed E-state index contributed by atoms with van der Waals surface area (Å²) in [6, 6.07) is 0.730. The van der Waals surface area contributed by atoms with Crippen molar-refractivity contribution in [2.75, 3.05) is 6.54 Å². The molecule has 0 bridgehead atoms. The third-order valence-electron chi connectivity index (χ3n) is 4.26. The number of hydrogen-bond donors (Lipinski definition) is 1. The molecule has 1 N–H and O–H groups in total. The predicted molar refractivity (Wildman–Crippen MR) is 56.7 cm³/mol. The van der Waals surface area contributed by atoms with Crippen LogP contribution < -0.4 is 5.32 Å². The van der Waals surface area contributed by atoms with Crippen LogP contribution in [-0.2, 0) is 0 Å². The minimum Gasteiger partial charge on any atom is -0.313 e. The van der Waals surface area contributed by atoms with Gasteiger partial charge in [-0.1, -0.05) is 13.8 Å². The van der Waals surface area contributed by atoms with E-state index in [1.165, 1.54) is 32.2 Å². The molecular weight excluding hydrogens is 158 g/mol. The molecule has 0 saturated heterocycles. The van der Waals surface area contributed by atoms with Crippen molar-refractivity contribution in [1.29, 1.82) is 0 Å². The fourth-order valence-corrected chi connectivity index (χ4v) is 2.07. The van der Waals surface area contributed by atoms with Crippen LogP contribution in [0.25, 0.3) is 0 Å². The van der Waals surface area contributed by atoms with Gasteiger partial charge in [0.15, 0.2) is 0 Å². The lowest BCUT2D eigenvalue weighted by Gasteiger charge is -2.22. The van der Waals surface area contributed by atoms with E-state index in [-0.39, 0.29) is 0 Å². The van der Waals surface area contributed by atoms with Crippen molar-refractivity contribution >= 4 is 0 Å². The minimum absolute atomic E-state index is 0.642. The Balaban J connectivity index is 1.66. The molecule has 0 amide bonds. The SMILES string of the molecule is CC(CNC(C)C1(C)CC1)C1CC1. The van der Waals surface area contributed by atoms with Crippen LogP contribution in [0.2, 0.25) is 0 Å². The second-order valence-electron chi connectivity index (χ2n) is 5.60. The molecule has 0 aliphatic heterocycles.